The van der Waals surface area contributed by atoms with Crippen LogP contribution in [0, 0.1) is 5.92 Å². The van der Waals surface area contributed by atoms with Crippen LogP contribution in [0.1, 0.15) is 32.6 Å². The van der Waals surface area contributed by atoms with E-state index in [1.807, 2.05) is 6.92 Å². The van der Waals surface area contributed by atoms with Crippen molar-refractivity contribution in [3.8, 4) is 0 Å². The number of nitrogens with one attached hydrogen (secondary N) is 1. The molecule has 0 aliphatic heterocycles. The molecule has 1 heterocycles. The van der Waals surface area contributed by atoms with Crippen molar-refractivity contribution in [1.82, 2.24) is 9.78 Å². The monoisotopic (exact) mass is 285 g/mol. The van der Waals surface area contributed by atoms with Crippen LogP contribution in [0.3, 0.4) is 0 Å². The SMILES string of the molecule is CCCn1ncc(NCC2CCCC2O)c(Cl)c1=O. The molecule has 2 rings (SSSR count). The minimum absolute atomic E-state index is 0.177. The maximum absolute atomic E-state index is 11.9. The number of aryl methyl sites for hydroxylation is 1. The molecule has 5 nitrogen and oxygen atoms in total. The fourth-order valence-electron chi connectivity index (χ4n) is 2.46. The Hall–Kier alpha value is -1.07. The highest BCUT2D eigenvalue weighted by molar-refractivity contribution is 6.32. The average molecular weight is 286 g/mol. The Bertz CT molecular complexity index is 489. The third-order valence-electron chi connectivity index (χ3n) is 3.59. The predicted molar refractivity (Wildman–Crippen MR) is 75.6 cm³/mol. The first-order chi connectivity index (χ1) is 9.13. The number of hydrogen-bond acceptors (Lipinski definition) is 4. The number of aromatic nitrogens is 2. The van der Waals surface area contributed by atoms with Gasteiger partial charge in [0.05, 0.1) is 18.0 Å². The highest BCUT2D eigenvalue weighted by Crippen LogP contribution is 2.26. The first-order valence-electron chi connectivity index (χ1n) is 6.81. The van der Waals surface area contributed by atoms with Crippen LogP contribution >= 0.6 is 11.6 Å². The topological polar surface area (TPSA) is 67.2 Å². The van der Waals surface area contributed by atoms with Gasteiger partial charge in [-0.1, -0.05) is 24.9 Å². The third-order valence-corrected chi connectivity index (χ3v) is 3.96. The van der Waals surface area contributed by atoms with Crippen LogP contribution in [0.2, 0.25) is 5.02 Å². The summed E-state index contributed by atoms with van der Waals surface area (Å²) in [7, 11) is 0. The Kier molecular flexibility index (Phi) is 4.82. The largest absolute Gasteiger partial charge is 0.393 e. The number of hydrogen-bond donors (Lipinski definition) is 2. The van der Waals surface area contributed by atoms with Crippen molar-refractivity contribution in [2.75, 3.05) is 11.9 Å². The molecule has 0 radical (unpaired) electrons. The number of aliphatic hydroxyl groups is 1. The zero-order chi connectivity index (χ0) is 13.8. The van der Waals surface area contributed by atoms with Crippen LogP contribution in [-0.4, -0.2) is 27.5 Å². The number of halogens is 1. The summed E-state index contributed by atoms with van der Waals surface area (Å²) in [5.41, 5.74) is 0.290. The highest BCUT2D eigenvalue weighted by atomic mass is 35.5. The fraction of sp³-hybridized carbons (Fsp3) is 0.692. The van der Waals surface area contributed by atoms with E-state index in [2.05, 4.69) is 10.4 Å². The Labute approximate surface area is 117 Å². The Morgan fingerprint density at radius 2 is 2.37 bits per heavy atom. The van der Waals surface area contributed by atoms with E-state index in [0.717, 1.165) is 25.7 Å². The van der Waals surface area contributed by atoms with E-state index in [1.165, 1.54) is 4.68 Å². The maximum atomic E-state index is 11.9. The van der Waals surface area contributed by atoms with E-state index in [0.29, 0.717) is 18.8 Å². The molecule has 2 unspecified atom stereocenters. The van der Waals surface area contributed by atoms with Gasteiger partial charge in [-0.15, -0.1) is 0 Å². The molecule has 1 aromatic rings. The summed E-state index contributed by atoms with van der Waals surface area (Å²) in [6.45, 7) is 3.18. The minimum atomic E-state index is -0.263. The summed E-state index contributed by atoms with van der Waals surface area (Å²) in [6.07, 6.45) is 5.09. The lowest BCUT2D eigenvalue weighted by Crippen LogP contribution is -2.26. The second kappa shape index (κ2) is 6.39. The zero-order valence-electron chi connectivity index (χ0n) is 11.1. The molecule has 2 N–H and O–H groups in total. The standard InChI is InChI=1S/C13H20ClN3O2/c1-2-6-17-13(19)12(14)10(8-16-17)15-7-9-4-3-5-11(9)18/h8-9,11,15,18H,2-7H2,1H3. The van der Waals surface area contributed by atoms with Gasteiger partial charge in [0.1, 0.15) is 5.02 Å². The van der Waals surface area contributed by atoms with Crippen molar-refractivity contribution >= 4 is 17.3 Å². The molecular formula is C13H20ClN3O2. The van der Waals surface area contributed by atoms with Crippen LogP contribution in [0.4, 0.5) is 5.69 Å². The normalized spacial score (nSPS) is 22.7. The molecule has 0 aromatic carbocycles. The molecule has 19 heavy (non-hydrogen) atoms. The molecule has 1 aromatic heterocycles. The third kappa shape index (κ3) is 3.28. The van der Waals surface area contributed by atoms with Crippen LogP contribution in [0.5, 0.6) is 0 Å². The molecule has 0 saturated heterocycles. The summed E-state index contributed by atoms with van der Waals surface area (Å²) < 4.78 is 1.37. The van der Waals surface area contributed by atoms with Gasteiger partial charge in [0, 0.05) is 19.0 Å². The average Bonchev–Trinajstić information content (AvgIpc) is 2.80. The Balaban J connectivity index is 2.04. The van der Waals surface area contributed by atoms with Gasteiger partial charge in [-0.2, -0.15) is 5.10 Å². The van der Waals surface area contributed by atoms with Gasteiger partial charge in [0.25, 0.3) is 5.56 Å². The van der Waals surface area contributed by atoms with Crippen molar-refractivity contribution in [3.05, 3.63) is 21.6 Å². The van der Waals surface area contributed by atoms with Crippen LogP contribution in [0.25, 0.3) is 0 Å². The van der Waals surface area contributed by atoms with Gasteiger partial charge in [0.2, 0.25) is 0 Å². The zero-order valence-corrected chi connectivity index (χ0v) is 11.9. The van der Waals surface area contributed by atoms with Gasteiger partial charge < -0.3 is 10.4 Å². The van der Waals surface area contributed by atoms with Gasteiger partial charge in [-0.3, -0.25) is 4.79 Å². The van der Waals surface area contributed by atoms with Crippen LogP contribution < -0.4 is 10.9 Å². The molecule has 106 valence electrons. The van der Waals surface area contributed by atoms with E-state index in [9.17, 15) is 9.90 Å². The van der Waals surface area contributed by atoms with Gasteiger partial charge in [-0.25, -0.2) is 4.68 Å². The van der Waals surface area contributed by atoms with Crippen molar-refractivity contribution in [3.63, 3.8) is 0 Å². The van der Waals surface area contributed by atoms with Crippen LogP contribution in [0.15, 0.2) is 11.0 Å². The fourth-order valence-corrected chi connectivity index (χ4v) is 2.67. The summed E-state index contributed by atoms with van der Waals surface area (Å²) in [5, 5.41) is 17.1. The number of aliphatic hydroxyl groups excluding tert-OH is 1. The Morgan fingerprint density at radius 1 is 1.58 bits per heavy atom. The van der Waals surface area contributed by atoms with E-state index in [1.54, 1.807) is 6.20 Å². The molecule has 6 heteroatoms. The molecule has 1 aliphatic rings. The summed E-state index contributed by atoms with van der Waals surface area (Å²) in [5.74, 6) is 0.231. The molecule has 1 saturated carbocycles. The molecular weight excluding hydrogens is 266 g/mol. The predicted octanol–water partition coefficient (Wildman–Crippen LogP) is 1.88. The molecule has 0 amide bonds. The lowest BCUT2D eigenvalue weighted by atomic mass is 10.1. The lowest BCUT2D eigenvalue weighted by Gasteiger charge is -2.16. The van der Waals surface area contributed by atoms with E-state index in [-0.39, 0.29) is 22.6 Å². The van der Waals surface area contributed by atoms with E-state index in [4.69, 9.17) is 11.6 Å². The van der Waals surface area contributed by atoms with Gasteiger partial charge >= 0.3 is 0 Å². The van der Waals surface area contributed by atoms with E-state index >= 15 is 0 Å². The van der Waals surface area contributed by atoms with E-state index < -0.39 is 0 Å². The summed E-state index contributed by atoms with van der Waals surface area (Å²) in [6, 6.07) is 0. The summed E-state index contributed by atoms with van der Waals surface area (Å²) >= 11 is 6.06. The lowest BCUT2D eigenvalue weighted by molar-refractivity contribution is 0.138. The van der Waals surface area contributed by atoms with Gasteiger partial charge in [-0.05, 0) is 19.3 Å². The quantitative estimate of drug-likeness (QED) is 0.867. The van der Waals surface area contributed by atoms with Crippen molar-refractivity contribution in [2.24, 2.45) is 5.92 Å². The molecule has 0 bridgehead atoms. The second-order valence-corrected chi connectivity index (χ2v) is 5.42. The van der Waals surface area contributed by atoms with Crippen molar-refractivity contribution < 1.29 is 5.11 Å². The smallest absolute Gasteiger partial charge is 0.287 e. The van der Waals surface area contributed by atoms with Crippen molar-refractivity contribution in [1.29, 1.82) is 0 Å². The number of nitrogens with zero attached hydrogens (tertiary/aromatic N) is 2. The highest BCUT2D eigenvalue weighted by Gasteiger charge is 2.25. The first kappa shape index (κ1) is 14.3. The number of rotatable bonds is 5. The van der Waals surface area contributed by atoms with Crippen LogP contribution in [-0.2, 0) is 6.54 Å². The molecule has 1 fully saturated rings. The van der Waals surface area contributed by atoms with Gasteiger partial charge in [0.15, 0.2) is 0 Å². The summed E-state index contributed by atoms with van der Waals surface area (Å²) in [4.78, 5) is 11.9. The molecule has 1 aliphatic carbocycles. The minimum Gasteiger partial charge on any atom is -0.393 e. The maximum Gasteiger partial charge on any atom is 0.287 e. The second-order valence-electron chi connectivity index (χ2n) is 5.04. The first-order valence-corrected chi connectivity index (χ1v) is 7.18. The molecule has 2 atom stereocenters. The van der Waals surface area contributed by atoms with Crippen molar-refractivity contribution in [2.45, 2.75) is 45.3 Å². The molecule has 0 spiro atoms. The Morgan fingerprint density at radius 3 is 3.00 bits per heavy atom. The number of anilines is 1.